The van der Waals surface area contributed by atoms with Gasteiger partial charge in [0.05, 0.1) is 33.9 Å². The van der Waals surface area contributed by atoms with Crippen molar-refractivity contribution in [1.29, 1.82) is 10.5 Å². The summed E-state index contributed by atoms with van der Waals surface area (Å²) in [4.78, 5) is 11.9. The van der Waals surface area contributed by atoms with Gasteiger partial charge in [0.2, 0.25) is 0 Å². The summed E-state index contributed by atoms with van der Waals surface area (Å²) in [6, 6.07) is 14.4. The molecule has 0 aliphatic rings. The van der Waals surface area contributed by atoms with E-state index in [0.717, 1.165) is 0 Å². The van der Waals surface area contributed by atoms with E-state index in [9.17, 15) is 4.79 Å². The number of hydrogen-bond donors (Lipinski definition) is 0. The Labute approximate surface area is 120 Å². The largest absolute Gasteiger partial charge is 0.421 e. The molecular weight excluding hydrogens is 276 g/mol. The van der Waals surface area contributed by atoms with Crippen LogP contribution in [0, 0.1) is 22.7 Å². The fraction of sp³-hybridized carbons (Fsp3) is 0. The molecule has 2 rings (SSSR count). The van der Waals surface area contributed by atoms with E-state index in [1.165, 1.54) is 24.3 Å². The van der Waals surface area contributed by atoms with Crippen molar-refractivity contribution in [2.45, 2.75) is 0 Å². The molecule has 0 aliphatic carbocycles. The van der Waals surface area contributed by atoms with Gasteiger partial charge >= 0.3 is 5.97 Å². The summed E-state index contributed by atoms with van der Waals surface area (Å²) in [5, 5.41) is 17.7. The highest BCUT2D eigenvalue weighted by atomic mass is 35.5. The Hall–Kier alpha value is -2.82. The summed E-state index contributed by atoms with van der Waals surface area (Å²) in [7, 11) is 0. The lowest BCUT2D eigenvalue weighted by Gasteiger charge is -2.06. The van der Waals surface area contributed by atoms with Crippen molar-refractivity contribution < 1.29 is 9.53 Å². The quantitative estimate of drug-likeness (QED) is 0.625. The van der Waals surface area contributed by atoms with Gasteiger partial charge in [-0.15, -0.1) is 0 Å². The highest BCUT2D eigenvalue weighted by Crippen LogP contribution is 2.26. The average molecular weight is 283 g/mol. The van der Waals surface area contributed by atoms with Gasteiger partial charge in [-0.05, 0) is 36.4 Å². The number of nitriles is 2. The van der Waals surface area contributed by atoms with Crippen LogP contribution >= 0.6 is 11.6 Å². The third-order valence-corrected chi connectivity index (χ3v) is 2.79. The highest BCUT2D eigenvalue weighted by Gasteiger charge is 2.12. The van der Waals surface area contributed by atoms with Crippen LogP contribution in [0.15, 0.2) is 42.5 Å². The number of halogens is 1. The first-order valence-corrected chi connectivity index (χ1v) is 5.94. The standard InChI is InChI=1S/C15H7ClN2O2/c16-13-7-11(9-18)4-5-14(13)20-15(19)12-3-1-2-10(6-12)8-17/h1-7H. The molecule has 0 spiro atoms. The van der Waals surface area contributed by atoms with Gasteiger partial charge < -0.3 is 4.74 Å². The molecule has 0 amide bonds. The average Bonchev–Trinajstić information content (AvgIpc) is 2.49. The second-order valence-corrected chi connectivity index (χ2v) is 4.25. The lowest BCUT2D eigenvalue weighted by Crippen LogP contribution is -2.09. The summed E-state index contributed by atoms with van der Waals surface area (Å²) in [5.41, 5.74) is 0.996. The number of carbonyl (C=O) groups is 1. The number of rotatable bonds is 2. The molecule has 0 saturated heterocycles. The first kappa shape index (κ1) is 13.6. The molecule has 4 nitrogen and oxygen atoms in total. The molecule has 0 aliphatic heterocycles. The van der Waals surface area contributed by atoms with E-state index < -0.39 is 5.97 Å². The molecule has 0 radical (unpaired) electrons. The number of nitrogens with zero attached hydrogens (tertiary/aromatic N) is 2. The second kappa shape index (κ2) is 5.88. The van der Waals surface area contributed by atoms with Crippen molar-refractivity contribution >= 4 is 17.6 Å². The molecule has 2 aromatic carbocycles. The van der Waals surface area contributed by atoms with Gasteiger partial charge in [0.1, 0.15) is 5.75 Å². The third-order valence-electron chi connectivity index (χ3n) is 2.49. The lowest BCUT2D eigenvalue weighted by atomic mass is 10.1. The topological polar surface area (TPSA) is 73.9 Å². The molecule has 96 valence electrons. The van der Waals surface area contributed by atoms with Crippen molar-refractivity contribution in [3.8, 4) is 17.9 Å². The monoisotopic (exact) mass is 282 g/mol. The van der Waals surface area contributed by atoms with Gasteiger partial charge in [0.25, 0.3) is 0 Å². The van der Waals surface area contributed by atoms with Gasteiger partial charge in [-0.1, -0.05) is 17.7 Å². The molecule has 0 fully saturated rings. The van der Waals surface area contributed by atoms with E-state index in [4.69, 9.17) is 26.9 Å². The molecule has 0 bridgehead atoms. The number of benzene rings is 2. The SMILES string of the molecule is N#Cc1cccc(C(=O)Oc2ccc(C#N)cc2Cl)c1. The van der Waals surface area contributed by atoms with Crippen LogP contribution in [-0.2, 0) is 0 Å². The Morgan fingerprint density at radius 2 is 1.75 bits per heavy atom. The summed E-state index contributed by atoms with van der Waals surface area (Å²) >= 11 is 5.92. The zero-order valence-electron chi connectivity index (χ0n) is 10.1. The predicted octanol–water partition coefficient (Wildman–Crippen LogP) is 3.30. The smallest absolute Gasteiger partial charge is 0.343 e. The molecule has 0 aromatic heterocycles. The van der Waals surface area contributed by atoms with Crippen LogP contribution in [0.2, 0.25) is 5.02 Å². The molecular formula is C15H7ClN2O2. The Balaban J connectivity index is 2.24. The van der Waals surface area contributed by atoms with E-state index in [0.29, 0.717) is 11.1 Å². The van der Waals surface area contributed by atoms with E-state index in [1.54, 1.807) is 18.2 Å². The zero-order valence-corrected chi connectivity index (χ0v) is 10.9. The fourth-order valence-electron chi connectivity index (χ4n) is 1.53. The van der Waals surface area contributed by atoms with E-state index in [2.05, 4.69) is 0 Å². The maximum absolute atomic E-state index is 11.9. The van der Waals surface area contributed by atoms with Crippen LogP contribution < -0.4 is 4.74 Å². The van der Waals surface area contributed by atoms with Gasteiger partial charge in [-0.3, -0.25) is 0 Å². The number of ether oxygens (including phenoxy) is 1. The Kier molecular flexibility index (Phi) is 4.00. The number of carbonyl (C=O) groups excluding carboxylic acids is 1. The summed E-state index contributed by atoms with van der Waals surface area (Å²) in [6.07, 6.45) is 0. The molecule has 0 heterocycles. The fourth-order valence-corrected chi connectivity index (χ4v) is 1.75. The number of hydrogen-bond acceptors (Lipinski definition) is 4. The van der Waals surface area contributed by atoms with Crippen LogP contribution in [0.3, 0.4) is 0 Å². The Bertz CT molecular complexity index is 757. The first-order valence-electron chi connectivity index (χ1n) is 5.56. The maximum atomic E-state index is 11.9. The van der Waals surface area contributed by atoms with Crippen LogP contribution in [-0.4, -0.2) is 5.97 Å². The molecule has 0 saturated carbocycles. The van der Waals surface area contributed by atoms with Crippen LogP contribution in [0.5, 0.6) is 5.75 Å². The summed E-state index contributed by atoms with van der Waals surface area (Å²) in [5.74, 6) is -0.452. The Morgan fingerprint density at radius 1 is 1.05 bits per heavy atom. The zero-order chi connectivity index (χ0) is 14.5. The van der Waals surface area contributed by atoms with E-state index in [1.807, 2.05) is 12.1 Å². The highest BCUT2D eigenvalue weighted by molar-refractivity contribution is 6.32. The predicted molar refractivity (Wildman–Crippen MR) is 72.3 cm³/mol. The lowest BCUT2D eigenvalue weighted by molar-refractivity contribution is 0.0735. The van der Waals surface area contributed by atoms with Crippen molar-refractivity contribution in [1.82, 2.24) is 0 Å². The maximum Gasteiger partial charge on any atom is 0.343 e. The van der Waals surface area contributed by atoms with Crippen molar-refractivity contribution in [2.24, 2.45) is 0 Å². The second-order valence-electron chi connectivity index (χ2n) is 3.84. The van der Waals surface area contributed by atoms with Crippen molar-refractivity contribution in [3.63, 3.8) is 0 Å². The van der Waals surface area contributed by atoms with E-state index >= 15 is 0 Å². The van der Waals surface area contributed by atoms with Gasteiger partial charge in [0.15, 0.2) is 0 Å². The molecule has 2 aromatic rings. The van der Waals surface area contributed by atoms with Crippen LogP contribution in [0.1, 0.15) is 21.5 Å². The molecule has 0 N–H and O–H groups in total. The minimum Gasteiger partial charge on any atom is -0.421 e. The van der Waals surface area contributed by atoms with Gasteiger partial charge in [-0.2, -0.15) is 10.5 Å². The normalized spacial score (nSPS) is 9.35. The first-order chi connectivity index (χ1) is 9.63. The third kappa shape index (κ3) is 2.95. The van der Waals surface area contributed by atoms with Gasteiger partial charge in [0, 0.05) is 0 Å². The molecule has 0 unspecified atom stereocenters. The summed E-state index contributed by atoms with van der Waals surface area (Å²) < 4.78 is 5.14. The minimum absolute atomic E-state index is 0.165. The van der Waals surface area contributed by atoms with Crippen molar-refractivity contribution in [2.75, 3.05) is 0 Å². The van der Waals surface area contributed by atoms with Crippen molar-refractivity contribution in [3.05, 3.63) is 64.2 Å². The van der Waals surface area contributed by atoms with Crippen LogP contribution in [0.4, 0.5) is 0 Å². The molecule has 20 heavy (non-hydrogen) atoms. The Morgan fingerprint density at radius 3 is 2.40 bits per heavy atom. The van der Waals surface area contributed by atoms with Crippen LogP contribution in [0.25, 0.3) is 0 Å². The molecule has 0 atom stereocenters. The summed E-state index contributed by atoms with van der Waals surface area (Å²) in [6.45, 7) is 0. The number of esters is 1. The molecule has 5 heteroatoms. The minimum atomic E-state index is -0.617. The van der Waals surface area contributed by atoms with Gasteiger partial charge in [-0.25, -0.2) is 4.79 Å². The van der Waals surface area contributed by atoms with E-state index in [-0.39, 0.29) is 16.3 Å².